The molecule has 0 unspecified atom stereocenters. The third-order valence-corrected chi connectivity index (χ3v) is 2.24. The molecular weight excluding hydrogens is 234 g/mol. The lowest BCUT2D eigenvalue weighted by molar-refractivity contribution is -0.121. The van der Waals surface area contributed by atoms with Gasteiger partial charge in [0.25, 0.3) is 0 Å². The molecule has 0 aliphatic rings. The van der Waals surface area contributed by atoms with Gasteiger partial charge in [0.15, 0.2) is 0 Å². The van der Waals surface area contributed by atoms with Gasteiger partial charge >= 0.3 is 5.97 Å². The van der Waals surface area contributed by atoms with E-state index in [1.165, 1.54) is 0 Å². The van der Waals surface area contributed by atoms with Crippen molar-refractivity contribution in [3.63, 3.8) is 0 Å². The highest BCUT2D eigenvalue weighted by atomic mass is 16.5. The van der Waals surface area contributed by atoms with E-state index < -0.39 is 0 Å². The molecule has 1 aromatic rings. The van der Waals surface area contributed by atoms with Gasteiger partial charge in [0.05, 0.1) is 25.2 Å². The van der Waals surface area contributed by atoms with Gasteiger partial charge in [0.1, 0.15) is 5.75 Å². The summed E-state index contributed by atoms with van der Waals surface area (Å²) in [4.78, 5) is 22.3. The van der Waals surface area contributed by atoms with Crippen molar-refractivity contribution in [3.8, 4) is 5.75 Å². The minimum absolute atomic E-state index is 0.0712. The van der Waals surface area contributed by atoms with Crippen LogP contribution in [0.5, 0.6) is 5.75 Å². The fraction of sp³-hybridized carbons (Fsp3) is 0.385. The Hall–Kier alpha value is -2.04. The molecule has 5 heteroatoms. The lowest BCUT2D eigenvalue weighted by Crippen LogP contribution is -2.20. The fourth-order valence-corrected chi connectivity index (χ4v) is 1.29. The summed E-state index contributed by atoms with van der Waals surface area (Å²) < 4.78 is 10.2. The normalized spacial score (nSPS) is 9.67. The van der Waals surface area contributed by atoms with E-state index in [4.69, 9.17) is 9.47 Å². The molecule has 0 radical (unpaired) electrons. The van der Waals surface area contributed by atoms with Gasteiger partial charge in [-0.2, -0.15) is 0 Å². The number of esters is 1. The average Bonchev–Trinajstić information content (AvgIpc) is 2.39. The predicted octanol–water partition coefficient (Wildman–Crippen LogP) is 1.38. The van der Waals surface area contributed by atoms with Crippen molar-refractivity contribution in [2.45, 2.75) is 13.3 Å². The maximum absolute atomic E-state index is 11.4. The van der Waals surface area contributed by atoms with Crippen LogP contribution in [0.25, 0.3) is 0 Å². The first-order chi connectivity index (χ1) is 8.67. The van der Waals surface area contributed by atoms with E-state index in [0.29, 0.717) is 30.9 Å². The summed E-state index contributed by atoms with van der Waals surface area (Å²) in [5.41, 5.74) is 0.482. The van der Waals surface area contributed by atoms with Crippen LogP contribution in [-0.4, -0.2) is 32.1 Å². The minimum Gasteiger partial charge on any atom is -0.493 e. The molecule has 1 N–H and O–H groups in total. The lowest BCUT2D eigenvalue weighted by atomic mass is 10.2. The van der Waals surface area contributed by atoms with Crippen molar-refractivity contribution in [2.24, 2.45) is 0 Å². The van der Waals surface area contributed by atoms with Crippen LogP contribution in [0.3, 0.4) is 0 Å². The van der Waals surface area contributed by atoms with Crippen LogP contribution in [0.15, 0.2) is 24.3 Å². The molecule has 98 valence electrons. The molecule has 0 aromatic heterocycles. The fourth-order valence-electron chi connectivity index (χ4n) is 1.29. The molecule has 18 heavy (non-hydrogen) atoms. The van der Waals surface area contributed by atoms with Crippen LogP contribution >= 0.6 is 0 Å². The summed E-state index contributed by atoms with van der Waals surface area (Å²) in [6.07, 6.45) is 0.302. The quantitative estimate of drug-likeness (QED) is 0.776. The van der Waals surface area contributed by atoms with Crippen molar-refractivity contribution in [1.29, 1.82) is 0 Å². The van der Waals surface area contributed by atoms with Crippen molar-refractivity contribution in [2.75, 3.05) is 20.3 Å². The second-order valence-electron chi connectivity index (χ2n) is 3.52. The van der Waals surface area contributed by atoms with E-state index in [1.807, 2.05) is 0 Å². The molecule has 0 fully saturated rings. The number of hydrogen-bond donors (Lipinski definition) is 1. The largest absolute Gasteiger partial charge is 0.493 e. The predicted molar refractivity (Wildman–Crippen MR) is 66.6 cm³/mol. The molecule has 0 aliphatic heterocycles. The molecular formula is C13H17NO4. The summed E-state index contributed by atoms with van der Waals surface area (Å²) >= 11 is 0. The van der Waals surface area contributed by atoms with Gasteiger partial charge in [-0.1, -0.05) is 0 Å². The Balaban J connectivity index is 2.45. The highest BCUT2D eigenvalue weighted by Gasteiger charge is 2.06. The second-order valence-corrected chi connectivity index (χ2v) is 3.52. The van der Waals surface area contributed by atoms with Gasteiger partial charge in [-0.3, -0.25) is 4.79 Å². The van der Waals surface area contributed by atoms with Gasteiger partial charge in [0, 0.05) is 7.05 Å². The third kappa shape index (κ3) is 4.45. The number of rotatable bonds is 6. The van der Waals surface area contributed by atoms with Gasteiger partial charge in [-0.25, -0.2) is 4.79 Å². The Morgan fingerprint density at radius 1 is 1.22 bits per heavy atom. The molecule has 0 saturated heterocycles. The van der Waals surface area contributed by atoms with Crippen LogP contribution < -0.4 is 10.1 Å². The van der Waals surface area contributed by atoms with Crippen LogP contribution in [0, 0.1) is 0 Å². The average molecular weight is 251 g/mol. The second kappa shape index (κ2) is 7.32. The number of carbonyl (C=O) groups excluding carboxylic acids is 2. The number of benzene rings is 1. The number of carbonyl (C=O) groups is 2. The number of amides is 1. The van der Waals surface area contributed by atoms with E-state index in [-0.39, 0.29) is 11.9 Å². The minimum atomic E-state index is -0.352. The van der Waals surface area contributed by atoms with E-state index in [9.17, 15) is 9.59 Å². The van der Waals surface area contributed by atoms with E-state index in [2.05, 4.69) is 5.32 Å². The maximum Gasteiger partial charge on any atom is 0.338 e. The highest BCUT2D eigenvalue weighted by molar-refractivity contribution is 5.89. The van der Waals surface area contributed by atoms with Crippen molar-refractivity contribution in [1.82, 2.24) is 5.32 Å². The molecule has 0 heterocycles. The van der Waals surface area contributed by atoms with Gasteiger partial charge in [-0.15, -0.1) is 0 Å². The van der Waals surface area contributed by atoms with Crippen molar-refractivity contribution < 1.29 is 19.1 Å². The Labute approximate surface area is 106 Å². The monoisotopic (exact) mass is 251 g/mol. The summed E-state index contributed by atoms with van der Waals surface area (Å²) in [7, 11) is 1.58. The molecule has 1 rings (SSSR count). The number of hydrogen-bond acceptors (Lipinski definition) is 4. The Morgan fingerprint density at radius 2 is 1.89 bits per heavy atom. The van der Waals surface area contributed by atoms with E-state index in [0.717, 1.165) is 0 Å². The third-order valence-electron chi connectivity index (χ3n) is 2.24. The first-order valence-corrected chi connectivity index (χ1v) is 5.78. The van der Waals surface area contributed by atoms with Crippen molar-refractivity contribution >= 4 is 11.9 Å². The van der Waals surface area contributed by atoms with Crippen LogP contribution in [0.2, 0.25) is 0 Å². The van der Waals surface area contributed by atoms with Crippen molar-refractivity contribution in [3.05, 3.63) is 29.8 Å². The molecule has 1 aromatic carbocycles. The zero-order valence-electron chi connectivity index (χ0n) is 10.6. The summed E-state index contributed by atoms with van der Waals surface area (Å²) in [6, 6.07) is 6.62. The molecule has 0 saturated carbocycles. The highest BCUT2D eigenvalue weighted by Crippen LogP contribution is 2.13. The molecule has 0 spiro atoms. The molecule has 0 atom stereocenters. The van der Waals surface area contributed by atoms with Gasteiger partial charge in [-0.05, 0) is 31.2 Å². The zero-order valence-corrected chi connectivity index (χ0v) is 10.6. The van der Waals surface area contributed by atoms with Gasteiger partial charge < -0.3 is 14.8 Å². The maximum atomic E-state index is 11.4. The summed E-state index contributed by atoms with van der Waals surface area (Å²) in [6.45, 7) is 2.41. The molecule has 1 amide bonds. The lowest BCUT2D eigenvalue weighted by Gasteiger charge is -2.06. The van der Waals surface area contributed by atoms with Gasteiger partial charge in [0.2, 0.25) is 5.91 Å². The standard InChI is InChI=1S/C13H17NO4/c1-3-17-13(16)10-4-6-11(7-5-10)18-9-8-12(15)14-2/h4-7H,3,8-9H2,1-2H3,(H,14,15). The Kier molecular flexibility index (Phi) is 5.70. The topological polar surface area (TPSA) is 64.6 Å². The molecule has 0 aliphatic carbocycles. The summed E-state index contributed by atoms with van der Waals surface area (Å²) in [5.74, 6) is 0.194. The molecule has 0 bridgehead atoms. The van der Waals surface area contributed by atoms with Crippen LogP contribution in [0.4, 0.5) is 0 Å². The van der Waals surface area contributed by atoms with E-state index >= 15 is 0 Å². The zero-order chi connectivity index (χ0) is 13.4. The SMILES string of the molecule is CCOC(=O)c1ccc(OCCC(=O)NC)cc1. The first kappa shape index (κ1) is 14.0. The Morgan fingerprint density at radius 3 is 2.44 bits per heavy atom. The van der Waals surface area contributed by atoms with Crippen LogP contribution in [0.1, 0.15) is 23.7 Å². The number of ether oxygens (including phenoxy) is 2. The first-order valence-electron chi connectivity index (χ1n) is 5.78. The summed E-state index contributed by atoms with van der Waals surface area (Å²) in [5, 5.41) is 2.51. The van der Waals surface area contributed by atoms with Crippen LogP contribution in [-0.2, 0) is 9.53 Å². The smallest absolute Gasteiger partial charge is 0.338 e. The molecule has 5 nitrogen and oxygen atoms in total. The Bertz CT molecular complexity index is 400. The number of nitrogens with one attached hydrogen (secondary N) is 1. The van der Waals surface area contributed by atoms with E-state index in [1.54, 1.807) is 38.2 Å².